The summed E-state index contributed by atoms with van der Waals surface area (Å²) in [6, 6.07) is 32.4. The Morgan fingerprint density at radius 2 is 1.09 bits per heavy atom. The normalized spacial score (nSPS) is 19.2. The van der Waals surface area contributed by atoms with E-state index in [4.69, 9.17) is 0 Å². The molecule has 0 aromatic heterocycles. The number of likely N-dealkylation sites (tertiary alicyclic amines) is 1. The number of hydrogen-bond acceptors (Lipinski definition) is 2. The maximum Gasteiger partial charge on any atom is 0.226 e. The molecule has 3 aromatic carbocycles. The van der Waals surface area contributed by atoms with E-state index in [1.807, 2.05) is 11.8 Å². The van der Waals surface area contributed by atoms with Crippen molar-refractivity contribution in [3.63, 3.8) is 0 Å². The molecule has 0 radical (unpaired) electrons. The maximum absolute atomic E-state index is 13.3. The summed E-state index contributed by atoms with van der Waals surface area (Å²) in [5.74, 6) is 0.333. The minimum absolute atomic E-state index is 0.148. The number of β-lactam (4-membered cyclic amide) rings is 1. The van der Waals surface area contributed by atoms with E-state index in [9.17, 15) is 4.79 Å². The van der Waals surface area contributed by atoms with Crippen molar-refractivity contribution in [1.82, 2.24) is 4.90 Å². The number of thioether (sulfide) groups is 1. The van der Waals surface area contributed by atoms with Crippen LogP contribution in [0.15, 0.2) is 91.0 Å². The molecule has 4 heteroatoms. The fraction of sp³-hybridized carbons (Fsp3) is 0.321. The molecule has 1 amide bonds. The van der Waals surface area contributed by atoms with Gasteiger partial charge in [-0.3, -0.25) is 4.79 Å². The van der Waals surface area contributed by atoms with Crippen LogP contribution in [-0.2, 0) is 9.54 Å². The van der Waals surface area contributed by atoms with Crippen molar-refractivity contribution in [3.05, 3.63) is 108 Å². The molecule has 4 rings (SSSR count). The van der Waals surface area contributed by atoms with E-state index in [1.54, 1.807) is 0 Å². The van der Waals surface area contributed by atoms with E-state index in [2.05, 4.69) is 130 Å². The Hall–Kier alpha value is -2.30. The van der Waals surface area contributed by atoms with E-state index in [0.717, 1.165) is 0 Å². The number of hydrogen-bond donors (Lipinski definition) is 0. The number of benzene rings is 3. The Labute approximate surface area is 198 Å². The molecule has 2 atom stereocenters. The lowest BCUT2D eigenvalue weighted by Crippen LogP contribution is -2.66. The van der Waals surface area contributed by atoms with Crippen LogP contribution < -0.4 is 0 Å². The van der Waals surface area contributed by atoms with E-state index < -0.39 is 13.5 Å². The van der Waals surface area contributed by atoms with Crippen LogP contribution in [0.3, 0.4) is 0 Å². The minimum atomic E-state index is -1.19. The van der Waals surface area contributed by atoms with Crippen molar-refractivity contribution in [2.75, 3.05) is 0 Å². The monoisotopic (exact) mass is 459 g/mol. The van der Waals surface area contributed by atoms with Crippen molar-refractivity contribution in [2.24, 2.45) is 0 Å². The van der Waals surface area contributed by atoms with Gasteiger partial charge >= 0.3 is 0 Å². The van der Waals surface area contributed by atoms with Crippen molar-refractivity contribution in [2.45, 2.75) is 55.1 Å². The van der Waals surface area contributed by atoms with Crippen LogP contribution in [0.1, 0.15) is 37.5 Å². The van der Waals surface area contributed by atoms with E-state index in [-0.39, 0.29) is 16.5 Å². The van der Waals surface area contributed by atoms with Gasteiger partial charge in [-0.1, -0.05) is 104 Å². The first-order valence-electron chi connectivity index (χ1n) is 11.4. The van der Waals surface area contributed by atoms with E-state index >= 15 is 0 Å². The summed E-state index contributed by atoms with van der Waals surface area (Å²) in [4.78, 5) is 15.4. The van der Waals surface area contributed by atoms with Gasteiger partial charge in [0.05, 0.1) is 15.7 Å². The molecule has 0 saturated carbocycles. The molecule has 0 spiro atoms. The molecular formula is C28H33NOSSi. The van der Waals surface area contributed by atoms with Gasteiger partial charge < -0.3 is 4.90 Å². The van der Waals surface area contributed by atoms with Crippen LogP contribution in [0.25, 0.3) is 0 Å². The lowest BCUT2D eigenvalue weighted by Gasteiger charge is -2.57. The second-order valence-corrected chi connectivity index (χ2v) is 14.5. The predicted molar refractivity (Wildman–Crippen MR) is 140 cm³/mol. The molecule has 1 aliphatic heterocycles. The number of carbonyl (C=O) groups is 1. The van der Waals surface area contributed by atoms with Crippen LogP contribution in [0.2, 0.25) is 18.6 Å². The van der Waals surface area contributed by atoms with Crippen LogP contribution in [0.5, 0.6) is 0 Å². The lowest BCUT2D eigenvalue weighted by molar-refractivity contribution is -0.148. The van der Waals surface area contributed by atoms with Gasteiger partial charge in [-0.15, -0.1) is 11.8 Å². The van der Waals surface area contributed by atoms with Gasteiger partial charge in [0.1, 0.15) is 0 Å². The molecule has 2 nitrogen and oxygen atoms in total. The number of rotatable bonds is 6. The van der Waals surface area contributed by atoms with Crippen molar-refractivity contribution < 1.29 is 4.79 Å². The molecule has 1 aliphatic rings. The second-order valence-electron chi connectivity index (χ2n) is 9.94. The molecule has 32 heavy (non-hydrogen) atoms. The van der Waals surface area contributed by atoms with Gasteiger partial charge in [0.25, 0.3) is 0 Å². The molecule has 1 fully saturated rings. The summed E-state index contributed by atoms with van der Waals surface area (Å²) < 4.78 is -0.403. The van der Waals surface area contributed by atoms with E-state index in [1.165, 1.54) is 16.7 Å². The zero-order valence-corrected chi connectivity index (χ0v) is 21.6. The summed E-state index contributed by atoms with van der Waals surface area (Å²) in [6.07, 6.45) is 0. The third kappa shape index (κ3) is 3.95. The quantitative estimate of drug-likeness (QED) is 0.237. The fourth-order valence-electron chi connectivity index (χ4n) is 4.84. The van der Waals surface area contributed by atoms with Crippen molar-refractivity contribution >= 4 is 26.5 Å². The first-order chi connectivity index (χ1) is 15.3. The summed E-state index contributed by atoms with van der Waals surface area (Å²) in [6.45, 7) is 11.1. The molecule has 1 heterocycles. The zero-order chi connectivity index (χ0) is 22.9. The minimum Gasteiger partial charge on any atom is -0.325 e. The molecule has 1 saturated heterocycles. The highest BCUT2D eigenvalue weighted by molar-refractivity contribution is 8.01. The Bertz CT molecular complexity index is 950. The Kier molecular flexibility index (Phi) is 6.37. The molecular weight excluding hydrogens is 426 g/mol. The fourth-order valence-corrected chi connectivity index (χ4v) is 9.55. The number of nitrogens with zero attached hydrogens (tertiary/aromatic N) is 1. The highest BCUT2D eigenvalue weighted by Gasteiger charge is 2.56. The van der Waals surface area contributed by atoms with Crippen LogP contribution in [-0.4, -0.2) is 30.5 Å². The van der Waals surface area contributed by atoms with Crippen molar-refractivity contribution in [1.29, 1.82) is 0 Å². The topological polar surface area (TPSA) is 20.3 Å². The van der Waals surface area contributed by atoms with Crippen LogP contribution in [0, 0.1) is 0 Å². The molecule has 166 valence electrons. The van der Waals surface area contributed by atoms with Gasteiger partial charge in [0, 0.05) is 14.3 Å². The largest absolute Gasteiger partial charge is 0.325 e. The standard InChI is InChI=1S/C28H33NOSSi/c1-27(2,3)29-25(30)24(32(4)5)26(29)31-28(21-15-9-6-10-16-21,22-17-11-7-12-18-22)23-19-13-8-14-20-23/h6-20,24,26,32H,1-5H3. The SMILES string of the molecule is C[SiH](C)C1C(=O)N(C(C)(C)C)C1SC(c1ccccc1)(c1ccccc1)c1ccccc1. The second kappa shape index (κ2) is 8.91. The highest BCUT2D eigenvalue weighted by atomic mass is 32.2. The Morgan fingerprint density at radius 1 is 0.719 bits per heavy atom. The summed E-state index contributed by atoms with van der Waals surface area (Å²) in [5, 5.41) is 0.148. The van der Waals surface area contributed by atoms with Crippen molar-refractivity contribution in [3.8, 4) is 0 Å². The summed E-state index contributed by atoms with van der Waals surface area (Å²) in [7, 11) is -1.19. The van der Waals surface area contributed by atoms with E-state index in [0.29, 0.717) is 5.91 Å². The number of carbonyl (C=O) groups excluding carboxylic acids is 1. The maximum atomic E-state index is 13.3. The molecule has 0 aliphatic carbocycles. The average molecular weight is 460 g/mol. The lowest BCUT2D eigenvalue weighted by atomic mass is 9.84. The van der Waals surface area contributed by atoms with Gasteiger partial charge in [0.15, 0.2) is 0 Å². The smallest absolute Gasteiger partial charge is 0.226 e. The van der Waals surface area contributed by atoms with Gasteiger partial charge in [0.2, 0.25) is 5.91 Å². The van der Waals surface area contributed by atoms with Gasteiger partial charge in [-0.05, 0) is 37.5 Å². The Morgan fingerprint density at radius 3 is 1.41 bits per heavy atom. The van der Waals surface area contributed by atoms with Crippen LogP contribution in [0.4, 0.5) is 0 Å². The molecule has 0 bridgehead atoms. The predicted octanol–water partition coefficient (Wildman–Crippen LogP) is 6.54. The summed E-state index contributed by atoms with van der Waals surface area (Å²) >= 11 is 1.95. The highest BCUT2D eigenvalue weighted by Crippen LogP contribution is 2.57. The number of amides is 1. The molecule has 0 N–H and O–H groups in total. The zero-order valence-electron chi connectivity index (χ0n) is 19.7. The van der Waals surface area contributed by atoms with Gasteiger partial charge in [-0.25, -0.2) is 0 Å². The molecule has 3 aromatic rings. The first-order valence-corrected chi connectivity index (χ1v) is 15.3. The van der Waals surface area contributed by atoms with Gasteiger partial charge in [-0.2, -0.15) is 0 Å². The third-order valence-corrected chi connectivity index (χ3v) is 10.5. The first kappa shape index (κ1) is 22.9. The Balaban J connectivity index is 1.95. The summed E-state index contributed by atoms with van der Waals surface area (Å²) in [5.41, 5.74) is 3.69. The third-order valence-electron chi connectivity index (χ3n) is 6.36. The average Bonchev–Trinajstić information content (AvgIpc) is 2.77. The molecule has 2 unspecified atom stereocenters. The van der Waals surface area contributed by atoms with Crippen LogP contribution >= 0.6 is 11.8 Å².